The fraction of sp³-hybridized carbons (Fsp3) is 0.261. The number of aromatic nitrogens is 2. The molecule has 0 bridgehead atoms. The molecule has 0 saturated carbocycles. The lowest BCUT2D eigenvalue weighted by atomic mass is 9.99. The van der Waals surface area contributed by atoms with E-state index < -0.39 is 0 Å². The zero-order chi connectivity index (χ0) is 22.2. The average molecular weight is 470 g/mol. The lowest BCUT2D eigenvalue weighted by molar-refractivity contribution is 0.0932. The van der Waals surface area contributed by atoms with E-state index in [1.807, 2.05) is 6.07 Å². The van der Waals surface area contributed by atoms with E-state index in [4.69, 9.17) is 27.9 Å². The van der Waals surface area contributed by atoms with Crippen LogP contribution in [-0.4, -0.2) is 40.6 Å². The van der Waals surface area contributed by atoms with Gasteiger partial charge in [0.25, 0.3) is 5.91 Å². The van der Waals surface area contributed by atoms with Gasteiger partial charge < -0.3 is 10.1 Å². The largest absolute Gasteiger partial charge is 0.455 e. The van der Waals surface area contributed by atoms with Gasteiger partial charge in [-0.3, -0.25) is 14.6 Å². The van der Waals surface area contributed by atoms with Crippen LogP contribution in [0.25, 0.3) is 0 Å². The summed E-state index contributed by atoms with van der Waals surface area (Å²) in [6.45, 7) is 5.19. The molecule has 1 N–H and O–H groups in total. The van der Waals surface area contributed by atoms with E-state index in [2.05, 4.69) is 39.2 Å². The molecule has 0 unspecified atom stereocenters. The van der Waals surface area contributed by atoms with E-state index >= 15 is 0 Å². The minimum atomic E-state index is -0.318. The van der Waals surface area contributed by atoms with Crippen molar-refractivity contribution in [1.29, 1.82) is 0 Å². The molecule has 7 nitrogen and oxygen atoms in total. The average Bonchev–Trinajstić information content (AvgIpc) is 2.80. The predicted octanol–water partition coefficient (Wildman–Crippen LogP) is 4.90. The molecule has 3 aromatic rings. The molecule has 0 saturated heterocycles. The minimum Gasteiger partial charge on any atom is -0.455 e. The van der Waals surface area contributed by atoms with Crippen molar-refractivity contribution in [1.82, 2.24) is 14.9 Å². The number of nitrogens with zero attached hydrogens (tertiary/aromatic N) is 4. The Kier molecular flexibility index (Phi) is 5.63. The number of amides is 1. The molecule has 1 aromatic heterocycles. The van der Waals surface area contributed by atoms with Gasteiger partial charge in [0, 0.05) is 25.0 Å². The standard InChI is InChI=1S/C23H21Cl2N5O2/c1-2-29-9-8-14-6-7-16(10-15(14)12-29)27-23-26-11-17-21(28-23)32-13-30(22(17)31)20-18(24)4-3-5-19(20)25/h3-7,10-11H,2,8-9,12-13H2,1H3,(H,26,27,28). The van der Waals surface area contributed by atoms with Gasteiger partial charge >= 0.3 is 0 Å². The van der Waals surface area contributed by atoms with E-state index in [1.54, 1.807) is 18.2 Å². The first-order valence-corrected chi connectivity index (χ1v) is 11.2. The minimum absolute atomic E-state index is 0.0442. The Hall–Kier alpha value is -2.87. The number of carbonyl (C=O) groups excluding carboxylic acids is 1. The summed E-state index contributed by atoms with van der Waals surface area (Å²) < 4.78 is 5.76. The second-order valence-corrected chi connectivity index (χ2v) is 8.53. The Labute approximate surface area is 195 Å². The molecule has 3 heterocycles. The van der Waals surface area contributed by atoms with Crippen LogP contribution < -0.4 is 15.0 Å². The van der Waals surface area contributed by atoms with Crippen LogP contribution in [0.5, 0.6) is 5.88 Å². The normalized spacial score (nSPS) is 15.7. The number of hydrogen-bond acceptors (Lipinski definition) is 6. The van der Waals surface area contributed by atoms with Crippen molar-refractivity contribution in [3.05, 3.63) is 69.3 Å². The highest BCUT2D eigenvalue weighted by Crippen LogP contribution is 2.37. The summed E-state index contributed by atoms with van der Waals surface area (Å²) in [6.07, 6.45) is 2.52. The molecule has 0 radical (unpaired) electrons. The summed E-state index contributed by atoms with van der Waals surface area (Å²) in [5.41, 5.74) is 4.23. The topological polar surface area (TPSA) is 70.6 Å². The van der Waals surface area contributed by atoms with Gasteiger partial charge in [0.15, 0.2) is 6.73 Å². The van der Waals surface area contributed by atoms with Gasteiger partial charge in [-0.2, -0.15) is 4.98 Å². The zero-order valence-corrected chi connectivity index (χ0v) is 19.0. The Balaban J connectivity index is 1.37. The predicted molar refractivity (Wildman–Crippen MR) is 125 cm³/mol. The number of ether oxygens (including phenoxy) is 1. The number of anilines is 3. The van der Waals surface area contributed by atoms with Crippen LogP contribution in [0.3, 0.4) is 0 Å². The van der Waals surface area contributed by atoms with Crippen molar-refractivity contribution in [3.8, 4) is 5.88 Å². The molecule has 0 fully saturated rings. The third-order valence-electron chi connectivity index (χ3n) is 5.77. The fourth-order valence-electron chi connectivity index (χ4n) is 4.02. The number of carbonyl (C=O) groups is 1. The highest BCUT2D eigenvalue weighted by molar-refractivity contribution is 6.40. The van der Waals surface area contributed by atoms with Crippen molar-refractivity contribution in [3.63, 3.8) is 0 Å². The van der Waals surface area contributed by atoms with Crippen molar-refractivity contribution in [2.75, 3.05) is 30.0 Å². The van der Waals surface area contributed by atoms with Crippen molar-refractivity contribution < 1.29 is 9.53 Å². The van der Waals surface area contributed by atoms with Crippen LogP contribution in [0.2, 0.25) is 10.0 Å². The molecular weight excluding hydrogens is 449 g/mol. The van der Waals surface area contributed by atoms with E-state index in [0.29, 0.717) is 21.7 Å². The SMILES string of the molecule is CCN1CCc2ccc(Nc3ncc4c(n3)OCN(c3c(Cl)cccc3Cl)C4=O)cc2C1. The molecule has 2 aliphatic heterocycles. The highest BCUT2D eigenvalue weighted by Gasteiger charge is 2.31. The van der Waals surface area contributed by atoms with Crippen molar-refractivity contribution in [2.24, 2.45) is 0 Å². The van der Waals surface area contributed by atoms with Crippen LogP contribution in [0.1, 0.15) is 28.4 Å². The third kappa shape index (κ3) is 3.88. The number of rotatable bonds is 4. The van der Waals surface area contributed by atoms with Gasteiger partial charge in [-0.25, -0.2) is 4.98 Å². The van der Waals surface area contributed by atoms with Crippen LogP contribution in [0, 0.1) is 0 Å². The molecule has 0 aliphatic carbocycles. The molecule has 2 aliphatic rings. The Bertz CT molecular complexity index is 1180. The first-order chi connectivity index (χ1) is 15.5. The summed E-state index contributed by atoms with van der Waals surface area (Å²) in [5.74, 6) is 0.271. The molecule has 0 spiro atoms. The second kappa shape index (κ2) is 8.58. The smallest absolute Gasteiger partial charge is 0.268 e. The Morgan fingerprint density at radius 2 is 1.97 bits per heavy atom. The molecule has 0 atom stereocenters. The van der Waals surface area contributed by atoms with Crippen LogP contribution in [0.15, 0.2) is 42.6 Å². The van der Waals surface area contributed by atoms with E-state index in [0.717, 1.165) is 31.7 Å². The summed E-state index contributed by atoms with van der Waals surface area (Å²) in [4.78, 5) is 25.6. The molecule has 32 heavy (non-hydrogen) atoms. The maximum Gasteiger partial charge on any atom is 0.268 e. The number of fused-ring (bicyclic) bond motifs is 2. The van der Waals surface area contributed by atoms with Crippen LogP contribution in [0.4, 0.5) is 17.3 Å². The number of likely N-dealkylation sites (N-methyl/N-ethyl adjacent to an activating group) is 1. The molecule has 1 amide bonds. The van der Waals surface area contributed by atoms with E-state index in [1.165, 1.54) is 22.2 Å². The fourth-order valence-corrected chi connectivity index (χ4v) is 4.62. The van der Waals surface area contributed by atoms with Crippen molar-refractivity contribution in [2.45, 2.75) is 19.9 Å². The number of halogens is 2. The summed E-state index contributed by atoms with van der Waals surface area (Å²) in [6, 6.07) is 11.4. The van der Waals surface area contributed by atoms with Gasteiger partial charge in [-0.15, -0.1) is 0 Å². The Morgan fingerprint density at radius 1 is 1.16 bits per heavy atom. The molecule has 5 rings (SSSR count). The first kappa shape index (κ1) is 21.0. The second-order valence-electron chi connectivity index (χ2n) is 7.72. The van der Waals surface area contributed by atoms with Gasteiger partial charge in [0.1, 0.15) is 5.56 Å². The van der Waals surface area contributed by atoms with E-state index in [-0.39, 0.29) is 24.1 Å². The number of hydrogen-bond donors (Lipinski definition) is 1. The molecule has 164 valence electrons. The number of para-hydroxylation sites is 1. The number of benzene rings is 2. The van der Waals surface area contributed by atoms with Gasteiger partial charge in [0.2, 0.25) is 11.8 Å². The number of nitrogens with one attached hydrogen (secondary N) is 1. The molecule has 9 heteroatoms. The summed E-state index contributed by atoms with van der Waals surface area (Å²) in [7, 11) is 0. The lowest BCUT2D eigenvalue weighted by Gasteiger charge is -2.29. The Morgan fingerprint density at radius 3 is 2.75 bits per heavy atom. The summed E-state index contributed by atoms with van der Waals surface area (Å²) in [5, 5.41) is 3.96. The van der Waals surface area contributed by atoms with E-state index in [9.17, 15) is 4.79 Å². The van der Waals surface area contributed by atoms with Crippen molar-refractivity contribution >= 4 is 46.4 Å². The maximum atomic E-state index is 13.0. The monoisotopic (exact) mass is 469 g/mol. The van der Waals surface area contributed by atoms with Crippen LogP contribution >= 0.6 is 23.2 Å². The van der Waals surface area contributed by atoms with Gasteiger partial charge in [-0.05, 0) is 48.4 Å². The first-order valence-electron chi connectivity index (χ1n) is 10.4. The third-order valence-corrected chi connectivity index (χ3v) is 6.38. The summed E-state index contributed by atoms with van der Waals surface area (Å²) >= 11 is 12.5. The maximum absolute atomic E-state index is 13.0. The lowest BCUT2D eigenvalue weighted by Crippen LogP contribution is -2.39. The van der Waals surface area contributed by atoms with Gasteiger partial charge in [0.05, 0.1) is 15.7 Å². The quantitative estimate of drug-likeness (QED) is 0.585. The van der Waals surface area contributed by atoms with Gasteiger partial charge in [-0.1, -0.05) is 42.3 Å². The van der Waals surface area contributed by atoms with Crippen LogP contribution in [-0.2, 0) is 13.0 Å². The molecule has 2 aromatic carbocycles. The molecular formula is C23H21Cl2N5O2. The highest BCUT2D eigenvalue weighted by atomic mass is 35.5. The zero-order valence-electron chi connectivity index (χ0n) is 17.4.